The molecule has 0 fully saturated rings. The highest BCUT2D eigenvalue weighted by atomic mass is 79.9. The Balaban J connectivity index is 1.92. The zero-order valence-electron chi connectivity index (χ0n) is 20.2. The Morgan fingerprint density at radius 3 is 2.31 bits per heavy atom. The molecule has 0 spiro atoms. The van der Waals surface area contributed by atoms with E-state index in [-0.39, 0.29) is 16.5 Å². The number of nitrogens with one attached hydrogen (secondary N) is 1. The average molecular weight is 612 g/mol. The molecule has 0 saturated carbocycles. The van der Waals surface area contributed by atoms with E-state index in [4.69, 9.17) is 27.9 Å². The van der Waals surface area contributed by atoms with Gasteiger partial charge in [-0.25, -0.2) is 17.2 Å². The van der Waals surface area contributed by atoms with Crippen LogP contribution in [0.25, 0.3) is 21.8 Å². The number of nitrogens with zero attached hydrogens (tertiary/aromatic N) is 1. The first kappa shape index (κ1) is 26.8. The van der Waals surface area contributed by atoms with Gasteiger partial charge in [0.15, 0.2) is 0 Å². The Labute approximate surface area is 228 Å². The van der Waals surface area contributed by atoms with E-state index in [0.717, 1.165) is 15.6 Å². The quantitative estimate of drug-likeness (QED) is 0.254. The first-order valence-electron chi connectivity index (χ1n) is 11.2. The van der Waals surface area contributed by atoms with Crippen molar-refractivity contribution >= 4 is 77.1 Å². The maximum atomic E-state index is 14.0. The van der Waals surface area contributed by atoms with E-state index in [0.29, 0.717) is 33.2 Å². The third-order valence-corrected chi connectivity index (χ3v) is 8.43. The molecule has 6 nitrogen and oxygen atoms in total. The summed E-state index contributed by atoms with van der Waals surface area (Å²) in [4.78, 5) is 12.3. The van der Waals surface area contributed by atoms with Crippen molar-refractivity contribution in [3.8, 4) is 0 Å². The van der Waals surface area contributed by atoms with Gasteiger partial charge in [0.25, 0.3) is 10.0 Å². The number of fused-ring (bicyclic) bond motifs is 3. The summed E-state index contributed by atoms with van der Waals surface area (Å²) in [6, 6.07) is 13.6. The maximum Gasteiger partial charge on any atom is 0.407 e. The molecule has 1 amide bonds. The SMILES string of the molecule is Cc1ccc(S(=O)(=O)n2c3cc(Cl)c(Cl)cc3c3cc(Br)cc(CCNC(=O)OC(C)(C)C)c32)cc1. The average Bonchev–Trinajstić information content (AvgIpc) is 3.07. The zero-order valence-corrected chi connectivity index (χ0v) is 24.1. The van der Waals surface area contributed by atoms with Gasteiger partial charge in [-0.2, -0.15) is 0 Å². The Bertz CT molecular complexity index is 1590. The molecule has 10 heteroatoms. The van der Waals surface area contributed by atoms with Crippen molar-refractivity contribution in [3.05, 3.63) is 74.2 Å². The van der Waals surface area contributed by atoms with Gasteiger partial charge in [-0.1, -0.05) is 56.8 Å². The highest BCUT2D eigenvalue weighted by molar-refractivity contribution is 9.10. The van der Waals surface area contributed by atoms with Crippen LogP contribution in [0.5, 0.6) is 0 Å². The summed E-state index contributed by atoms with van der Waals surface area (Å²) >= 11 is 16.2. The van der Waals surface area contributed by atoms with E-state index < -0.39 is 21.7 Å². The highest BCUT2D eigenvalue weighted by Crippen LogP contribution is 2.40. The fourth-order valence-electron chi connectivity index (χ4n) is 4.01. The molecule has 4 rings (SSSR count). The molecule has 1 aromatic heterocycles. The molecule has 36 heavy (non-hydrogen) atoms. The number of aromatic nitrogens is 1. The van der Waals surface area contributed by atoms with Crippen molar-refractivity contribution in [2.24, 2.45) is 0 Å². The van der Waals surface area contributed by atoms with E-state index in [1.54, 1.807) is 57.2 Å². The first-order valence-corrected chi connectivity index (χ1v) is 14.2. The Kier molecular flexibility index (Phi) is 7.36. The monoisotopic (exact) mass is 610 g/mol. The zero-order chi connectivity index (χ0) is 26.4. The van der Waals surface area contributed by atoms with Gasteiger partial charge >= 0.3 is 6.09 Å². The second-order valence-electron chi connectivity index (χ2n) is 9.51. The lowest BCUT2D eigenvalue weighted by atomic mass is 10.1. The topological polar surface area (TPSA) is 77.4 Å². The number of ether oxygens (including phenoxy) is 1. The van der Waals surface area contributed by atoms with Gasteiger partial charge in [0.05, 0.1) is 26.0 Å². The molecule has 1 N–H and O–H groups in total. The lowest BCUT2D eigenvalue weighted by Gasteiger charge is -2.19. The van der Waals surface area contributed by atoms with Crippen LogP contribution in [-0.4, -0.2) is 30.6 Å². The molecule has 0 unspecified atom stereocenters. The Morgan fingerprint density at radius 2 is 1.67 bits per heavy atom. The minimum Gasteiger partial charge on any atom is -0.444 e. The number of rotatable bonds is 5. The predicted molar refractivity (Wildman–Crippen MR) is 149 cm³/mol. The fourth-order valence-corrected chi connectivity index (χ4v) is 6.39. The van der Waals surface area contributed by atoms with Crippen molar-refractivity contribution in [3.63, 3.8) is 0 Å². The van der Waals surface area contributed by atoms with Gasteiger partial charge in [0.2, 0.25) is 0 Å². The molecule has 0 aliphatic rings. The van der Waals surface area contributed by atoms with E-state index >= 15 is 0 Å². The third-order valence-electron chi connectivity index (χ3n) is 5.53. The fraction of sp³-hybridized carbons (Fsp3) is 0.269. The second-order valence-corrected chi connectivity index (χ2v) is 13.0. The van der Waals surface area contributed by atoms with E-state index in [1.165, 1.54) is 3.97 Å². The van der Waals surface area contributed by atoms with Gasteiger partial charge in [0, 0.05) is 21.8 Å². The minimum absolute atomic E-state index is 0.152. The summed E-state index contributed by atoms with van der Waals surface area (Å²) in [6.45, 7) is 7.50. The molecule has 4 aromatic rings. The predicted octanol–water partition coefficient (Wildman–Crippen LogP) is 7.48. The van der Waals surface area contributed by atoms with Crippen molar-refractivity contribution in [1.82, 2.24) is 9.29 Å². The molecule has 190 valence electrons. The van der Waals surface area contributed by atoms with Gasteiger partial charge in [-0.05, 0) is 76.1 Å². The normalized spacial score (nSPS) is 12.3. The molecule has 0 aliphatic heterocycles. The van der Waals surface area contributed by atoms with Gasteiger partial charge in [-0.3, -0.25) is 0 Å². The number of hydrogen-bond donors (Lipinski definition) is 1. The van der Waals surface area contributed by atoms with Crippen LogP contribution in [-0.2, 0) is 21.2 Å². The molecule has 0 bridgehead atoms. The lowest BCUT2D eigenvalue weighted by molar-refractivity contribution is 0.0528. The second kappa shape index (κ2) is 9.89. The number of aryl methyl sites for hydroxylation is 1. The minimum atomic E-state index is -4.01. The highest BCUT2D eigenvalue weighted by Gasteiger charge is 2.26. The summed E-state index contributed by atoms with van der Waals surface area (Å²) < 4.78 is 35.4. The molecule has 0 radical (unpaired) electrons. The largest absolute Gasteiger partial charge is 0.444 e. The van der Waals surface area contributed by atoms with Gasteiger partial charge in [0.1, 0.15) is 5.60 Å². The van der Waals surface area contributed by atoms with Crippen molar-refractivity contribution in [1.29, 1.82) is 0 Å². The third kappa shape index (κ3) is 5.37. The number of hydrogen-bond acceptors (Lipinski definition) is 4. The molecular formula is C26H25BrCl2N2O4S. The van der Waals surface area contributed by atoms with Crippen LogP contribution < -0.4 is 5.32 Å². The summed E-state index contributed by atoms with van der Waals surface area (Å²) in [5.74, 6) is 0. The summed E-state index contributed by atoms with van der Waals surface area (Å²) in [6.07, 6.45) is -0.184. The van der Waals surface area contributed by atoms with Crippen LogP contribution in [0.4, 0.5) is 4.79 Å². The van der Waals surface area contributed by atoms with Crippen LogP contribution in [0, 0.1) is 6.92 Å². The smallest absolute Gasteiger partial charge is 0.407 e. The first-order chi connectivity index (χ1) is 16.8. The summed E-state index contributed by atoms with van der Waals surface area (Å²) in [5, 5.41) is 4.66. The van der Waals surface area contributed by atoms with Crippen LogP contribution in [0.1, 0.15) is 31.9 Å². The number of alkyl carbamates (subject to hydrolysis) is 1. The van der Waals surface area contributed by atoms with Crippen molar-refractivity contribution < 1.29 is 17.9 Å². The summed E-state index contributed by atoms with van der Waals surface area (Å²) in [5.41, 5.74) is 1.95. The number of benzene rings is 3. The van der Waals surface area contributed by atoms with Crippen LogP contribution >= 0.6 is 39.1 Å². The van der Waals surface area contributed by atoms with Gasteiger partial charge in [-0.15, -0.1) is 0 Å². The molecule has 0 aliphatic carbocycles. The molecular weight excluding hydrogens is 587 g/mol. The number of carbonyl (C=O) groups excluding carboxylic acids is 1. The number of halogens is 3. The van der Waals surface area contributed by atoms with E-state index in [2.05, 4.69) is 21.2 Å². The molecule has 0 atom stereocenters. The Hall–Kier alpha value is -2.26. The maximum absolute atomic E-state index is 14.0. The van der Waals surface area contributed by atoms with Crippen LogP contribution in [0.3, 0.4) is 0 Å². The van der Waals surface area contributed by atoms with Crippen molar-refractivity contribution in [2.75, 3.05) is 6.54 Å². The molecule has 1 heterocycles. The standard InChI is InChI=1S/C26H25BrCl2N2O4S/c1-15-5-7-18(8-6-15)36(33,34)31-23-14-22(29)21(28)13-19(23)20-12-17(27)11-16(24(20)31)9-10-30-25(32)35-26(2,3)4/h5-8,11-14H,9-10H2,1-4H3,(H,30,32). The Morgan fingerprint density at radius 1 is 1.03 bits per heavy atom. The number of amides is 1. The summed E-state index contributed by atoms with van der Waals surface area (Å²) in [7, 11) is -4.01. The van der Waals surface area contributed by atoms with Gasteiger partial charge < -0.3 is 10.1 Å². The number of carbonyl (C=O) groups is 1. The van der Waals surface area contributed by atoms with E-state index in [9.17, 15) is 13.2 Å². The van der Waals surface area contributed by atoms with E-state index in [1.807, 2.05) is 19.1 Å². The van der Waals surface area contributed by atoms with Crippen LogP contribution in [0.2, 0.25) is 10.0 Å². The molecule has 0 saturated heterocycles. The molecule has 3 aromatic carbocycles. The van der Waals surface area contributed by atoms with Crippen LogP contribution in [0.15, 0.2) is 57.9 Å². The van der Waals surface area contributed by atoms with Crippen molar-refractivity contribution in [2.45, 2.75) is 44.6 Å². The lowest BCUT2D eigenvalue weighted by Crippen LogP contribution is -2.33.